The van der Waals surface area contributed by atoms with Gasteiger partial charge in [0.25, 0.3) is 0 Å². The van der Waals surface area contributed by atoms with Crippen LogP contribution in [-0.4, -0.2) is 58.7 Å². The summed E-state index contributed by atoms with van der Waals surface area (Å²) < 4.78 is 0. The zero-order valence-corrected chi connectivity index (χ0v) is 12.6. The van der Waals surface area contributed by atoms with E-state index in [1.54, 1.807) is 0 Å². The van der Waals surface area contributed by atoms with Gasteiger partial charge in [-0.05, 0) is 12.8 Å². The van der Waals surface area contributed by atoms with E-state index in [1.165, 1.54) is 18.7 Å². The van der Waals surface area contributed by atoms with Gasteiger partial charge in [-0.15, -0.1) is 0 Å². The van der Waals surface area contributed by atoms with Crippen molar-refractivity contribution in [2.75, 3.05) is 13.1 Å². The summed E-state index contributed by atoms with van der Waals surface area (Å²) >= 11 is 0. The van der Waals surface area contributed by atoms with Gasteiger partial charge in [-0.1, -0.05) is 0 Å². The minimum absolute atomic E-state index is 0.190. The summed E-state index contributed by atoms with van der Waals surface area (Å²) in [4.78, 5) is 37.1. The van der Waals surface area contributed by atoms with Crippen LogP contribution in [0.2, 0.25) is 0 Å². The molecule has 0 spiro atoms. The molecule has 0 radical (unpaired) electrons. The molecule has 0 aromatic rings. The Morgan fingerprint density at radius 1 is 1.50 bits per heavy atom. The summed E-state index contributed by atoms with van der Waals surface area (Å²) in [5.41, 5.74) is 5.30. The largest absolute Gasteiger partial charge is 0.370 e. The number of carbonyl (C=O) groups excluding carboxylic acids is 3. The van der Waals surface area contributed by atoms with E-state index in [1.807, 2.05) is 6.07 Å². The molecule has 1 saturated heterocycles. The number of amides is 3. The Morgan fingerprint density at radius 3 is 2.55 bits per heavy atom. The summed E-state index contributed by atoms with van der Waals surface area (Å²) in [5.74, 6) is -1.36. The fraction of sp³-hybridized carbons (Fsp3) is 0.615. The van der Waals surface area contributed by atoms with Crippen LogP contribution in [-0.2, 0) is 14.4 Å². The predicted molar refractivity (Wildman–Crippen MR) is 77.3 cm³/mol. The molecule has 0 saturated carbocycles. The van der Waals surface area contributed by atoms with Crippen molar-refractivity contribution < 1.29 is 14.4 Å². The Morgan fingerprint density at radius 2 is 2.14 bits per heavy atom. The molecule has 0 aliphatic carbocycles. The molecular formula is C13H20N6O3. The van der Waals surface area contributed by atoms with Gasteiger partial charge in [-0.2, -0.15) is 5.26 Å². The van der Waals surface area contributed by atoms with Crippen molar-refractivity contribution in [1.82, 2.24) is 15.1 Å². The Hall–Kier alpha value is -2.63. The maximum atomic E-state index is 12.2. The molecular weight excluding hydrogens is 288 g/mol. The lowest BCUT2D eigenvalue weighted by Gasteiger charge is -2.21. The van der Waals surface area contributed by atoms with Crippen molar-refractivity contribution in [3.05, 3.63) is 0 Å². The Labute approximate surface area is 128 Å². The zero-order chi connectivity index (χ0) is 16.9. The molecule has 0 bridgehead atoms. The van der Waals surface area contributed by atoms with Crippen molar-refractivity contribution in [3.63, 3.8) is 0 Å². The molecule has 3 amide bonds. The number of carbonyl (C=O) groups is 3. The first kappa shape index (κ1) is 17.4. The van der Waals surface area contributed by atoms with E-state index in [-0.39, 0.29) is 30.2 Å². The number of guanidine groups is 1. The average molecular weight is 308 g/mol. The monoisotopic (exact) mass is 308 g/mol. The minimum atomic E-state index is -0.739. The van der Waals surface area contributed by atoms with Crippen molar-refractivity contribution in [1.29, 1.82) is 10.7 Å². The van der Waals surface area contributed by atoms with E-state index in [0.29, 0.717) is 19.4 Å². The third kappa shape index (κ3) is 4.73. The predicted octanol–water partition coefficient (Wildman–Crippen LogP) is -1.25. The first-order valence-corrected chi connectivity index (χ1v) is 6.87. The SMILES string of the molecule is CC(=O)N[C@@H](CCCN(C(=N)N)C(C)=O)C(=O)N1CC1C#N. The molecule has 0 aromatic carbocycles. The third-order valence-electron chi connectivity index (χ3n) is 3.27. The summed E-state index contributed by atoms with van der Waals surface area (Å²) in [6.07, 6.45) is 0.686. The summed E-state index contributed by atoms with van der Waals surface area (Å²) in [5, 5.41) is 18.6. The number of nitriles is 1. The van der Waals surface area contributed by atoms with Gasteiger partial charge in [0.1, 0.15) is 12.1 Å². The lowest BCUT2D eigenvalue weighted by Crippen LogP contribution is -2.45. The molecule has 120 valence electrons. The van der Waals surface area contributed by atoms with Crippen molar-refractivity contribution >= 4 is 23.7 Å². The van der Waals surface area contributed by atoms with Crippen molar-refractivity contribution in [2.45, 2.75) is 38.8 Å². The first-order chi connectivity index (χ1) is 10.3. The van der Waals surface area contributed by atoms with Crippen LogP contribution >= 0.6 is 0 Å². The smallest absolute Gasteiger partial charge is 0.246 e. The Balaban J connectivity index is 2.57. The van der Waals surface area contributed by atoms with E-state index < -0.39 is 12.1 Å². The second-order valence-electron chi connectivity index (χ2n) is 5.09. The maximum absolute atomic E-state index is 12.2. The molecule has 1 heterocycles. The van der Waals surface area contributed by atoms with E-state index in [4.69, 9.17) is 16.4 Å². The number of nitrogens with two attached hydrogens (primary N) is 1. The number of hydrogen-bond donors (Lipinski definition) is 3. The lowest BCUT2D eigenvalue weighted by molar-refractivity contribution is -0.132. The highest BCUT2D eigenvalue weighted by molar-refractivity contribution is 5.93. The van der Waals surface area contributed by atoms with Gasteiger partial charge < -0.3 is 16.0 Å². The molecule has 0 aromatic heterocycles. The van der Waals surface area contributed by atoms with Crippen LogP contribution in [0.3, 0.4) is 0 Å². The van der Waals surface area contributed by atoms with Gasteiger partial charge in [-0.25, -0.2) is 0 Å². The van der Waals surface area contributed by atoms with Crippen molar-refractivity contribution in [2.24, 2.45) is 5.73 Å². The first-order valence-electron chi connectivity index (χ1n) is 6.87. The van der Waals surface area contributed by atoms with Crippen LogP contribution in [0.5, 0.6) is 0 Å². The average Bonchev–Trinajstić information content (AvgIpc) is 3.19. The lowest BCUT2D eigenvalue weighted by atomic mass is 10.1. The van der Waals surface area contributed by atoms with Crippen LogP contribution < -0.4 is 11.1 Å². The summed E-state index contributed by atoms with van der Waals surface area (Å²) in [6, 6.07) is 0.816. The zero-order valence-electron chi connectivity index (χ0n) is 12.6. The molecule has 9 heteroatoms. The van der Waals surface area contributed by atoms with Crippen molar-refractivity contribution in [3.8, 4) is 6.07 Å². The molecule has 1 rings (SSSR count). The standard InChI is InChI=1S/C13H20N6O3/c1-8(20)17-11(12(22)19-7-10(19)6-14)4-3-5-18(9(2)21)13(15)16/h10-11H,3-5,7H2,1-2H3,(H3,15,16)(H,17,20)/t10?,11-,19?/m0/s1. The number of hydrogen-bond acceptors (Lipinski definition) is 5. The van der Waals surface area contributed by atoms with E-state index in [9.17, 15) is 14.4 Å². The van der Waals surface area contributed by atoms with Gasteiger partial charge in [0.15, 0.2) is 5.96 Å². The van der Waals surface area contributed by atoms with Crippen LogP contribution in [0, 0.1) is 16.7 Å². The topological polar surface area (TPSA) is 143 Å². The maximum Gasteiger partial charge on any atom is 0.246 e. The number of nitrogens with one attached hydrogen (secondary N) is 2. The normalized spacial score (nSPS) is 17.1. The molecule has 2 atom stereocenters. The number of nitrogens with zero attached hydrogens (tertiary/aromatic N) is 3. The van der Waals surface area contributed by atoms with E-state index in [0.717, 1.165) is 4.90 Å². The molecule has 1 fully saturated rings. The van der Waals surface area contributed by atoms with Gasteiger partial charge in [0, 0.05) is 20.4 Å². The Kier molecular flexibility index (Phi) is 5.86. The highest BCUT2D eigenvalue weighted by atomic mass is 16.2. The number of rotatable bonds is 6. The van der Waals surface area contributed by atoms with E-state index in [2.05, 4.69) is 5.32 Å². The molecule has 9 nitrogen and oxygen atoms in total. The molecule has 1 aliphatic rings. The molecule has 1 aliphatic heterocycles. The van der Waals surface area contributed by atoms with Crippen LogP contribution in [0.15, 0.2) is 0 Å². The third-order valence-corrected chi connectivity index (χ3v) is 3.27. The summed E-state index contributed by atoms with van der Waals surface area (Å²) in [6.45, 7) is 3.17. The highest BCUT2D eigenvalue weighted by Crippen LogP contribution is 2.19. The van der Waals surface area contributed by atoms with Crippen LogP contribution in [0.1, 0.15) is 26.7 Å². The van der Waals surface area contributed by atoms with Gasteiger partial charge >= 0.3 is 0 Å². The van der Waals surface area contributed by atoms with Gasteiger partial charge in [0.2, 0.25) is 17.7 Å². The molecule has 1 unspecified atom stereocenters. The summed E-state index contributed by atoms with van der Waals surface area (Å²) in [7, 11) is 0. The fourth-order valence-corrected chi connectivity index (χ4v) is 2.10. The Bertz CT molecular complexity index is 512. The van der Waals surface area contributed by atoms with Crippen LogP contribution in [0.4, 0.5) is 0 Å². The molecule has 4 N–H and O–H groups in total. The van der Waals surface area contributed by atoms with Crippen LogP contribution in [0.25, 0.3) is 0 Å². The second kappa shape index (κ2) is 7.40. The van der Waals surface area contributed by atoms with E-state index >= 15 is 0 Å². The highest BCUT2D eigenvalue weighted by Gasteiger charge is 2.41. The minimum Gasteiger partial charge on any atom is -0.370 e. The second-order valence-corrected chi connectivity index (χ2v) is 5.09. The quantitative estimate of drug-likeness (QED) is 0.319. The van der Waals surface area contributed by atoms with Gasteiger partial charge in [-0.3, -0.25) is 24.7 Å². The molecule has 22 heavy (non-hydrogen) atoms. The fourth-order valence-electron chi connectivity index (χ4n) is 2.10. The van der Waals surface area contributed by atoms with Gasteiger partial charge in [0.05, 0.1) is 12.6 Å².